The third-order valence-corrected chi connectivity index (χ3v) is 4.09. The number of carbonyl (C=O) groups is 1. The second kappa shape index (κ2) is 7.80. The molecule has 1 saturated heterocycles. The predicted molar refractivity (Wildman–Crippen MR) is 91.7 cm³/mol. The number of nitrogens with zero attached hydrogens (tertiary/aromatic N) is 3. The van der Waals surface area contributed by atoms with Crippen LogP contribution in [-0.4, -0.2) is 42.2 Å². The van der Waals surface area contributed by atoms with Gasteiger partial charge in [-0.3, -0.25) is 0 Å². The molecule has 3 rings (SSSR count). The summed E-state index contributed by atoms with van der Waals surface area (Å²) >= 11 is 0. The van der Waals surface area contributed by atoms with Crippen molar-refractivity contribution in [1.82, 2.24) is 10.3 Å². The summed E-state index contributed by atoms with van der Waals surface area (Å²) in [4.78, 5) is 17.8. The molecule has 134 valence electrons. The predicted octanol–water partition coefficient (Wildman–Crippen LogP) is 1.78. The third kappa shape index (κ3) is 3.90. The van der Waals surface area contributed by atoms with E-state index in [1.807, 2.05) is 11.0 Å². The summed E-state index contributed by atoms with van der Waals surface area (Å²) in [6.45, 7) is 2.93. The summed E-state index contributed by atoms with van der Waals surface area (Å²) in [5.74, 6) is -1.08. The molecular formula is C18H17FN4O3. The van der Waals surface area contributed by atoms with Crippen molar-refractivity contribution >= 4 is 11.8 Å². The number of aromatic carboxylic acids is 1. The molecule has 8 heteroatoms. The van der Waals surface area contributed by atoms with Gasteiger partial charge in [-0.1, -0.05) is 6.07 Å². The van der Waals surface area contributed by atoms with Gasteiger partial charge in [-0.2, -0.15) is 5.26 Å². The Hall–Kier alpha value is -3.18. The van der Waals surface area contributed by atoms with Crippen molar-refractivity contribution in [2.45, 2.75) is 6.61 Å². The van der Waals surface area contributed by atoms with Crippen molar-refractivity contribution in [3.8, 4) is 11.8 Å². The van der Waals surface area contributed by atoms with Gasteiger partial charge in [0.05, 0.1) is 17.8 Å². The minimum absolute atomic E-state index is 0.0254. The molecule has 2 heterocycles. The number of halogens is 1. The number of anilines is 1. The third-order valence-electron chi connectivity index (χ3n) is 4.09. The lowest BCUT2D eigenvalue weighted by molar-refractivity contribution is 0.0691. The first-order chi connectivity index (χ1) is 12.6. The highest BCUT2D eigenvalue weighted by atomic mass is 19.1. The molecule has 1 fully saturated rings. The van der Waals surface area contributed by atoms with E-state index in [-0.39, 0.29) is 29.0 Å². The van der Waals surface area contributed by atoms with Gasteiger partial charge in [0.15, 0.2) is 5.75 Å². The number of aromatic nitrogens is 1. The fourth-order valence-electron chi connectivity index (χ4n) is 2.67. The van der Waals surface area contributed by atoms with E-state index >= 15 is 0 Å². The summed E-state index contributed by atoms with van der Waals surface area (Å²) < 4.78 is 19.4. The normalized spacial score (nSPS) is 13.9. The van der Waals surface area contributed by atoms with Crippen LogP contribution in [0.1, 0.15) is 21.5 Å². The van der Waals surface area contributed by atoms with Gasteiger partial charge in [-0.25, -0.2) is 14.2 Å². The smallest absolute Gasteiger partial charge is 0.339 e. The van der Waals surface area contributed by atoms with Gasteiger partial charge in [0.2, 0.25) is 0 Å². The Kier molecular flexibility index (Phi) is 5.29. The summed E-state index contributed by atoms with van der Waals surface area (Å²) in [7, 11) is 0. The Morgan fingerprint density at radius 3 is 2.81 bits per heavy atom. The van der Waals surface area contributed by atoms with Crippen LogP contribution in [0.2, 0.25) is 0 Å². The molecule has 0 amide bonds. The number of hydrogen-bond acceptors (Lipinski definition) is 6. The molecule has 2 aromatic rings. The molecule has 2 N–H and O–H groups in total. The van der Waals surface area contributed by atoms with Crippen LogP contribution in [0.25, 0.3) is 0 Å². The van der Waals surface area contributed by atoms with Crippen molar-refractivity contribution in [2.75, 3.05) is 31.1 Å². The molecule has 0 aliphatic carbocycles. The van der Waals surface area contributed by atoms with E-state index in [2.05, 4.69) is 10.3 Å². The topological polar surface area (TPSA) is 98.5 Å². The molecule has 0 spiro atoms. The highest BCUT2D eigenvalue weighted by Gasteiger charge is 2.18. The Balaban J connectivity index is 1.79. The number of pyridine rings is 1. The number of carboxylic acids is 1. The van der Waals surface area contributed by atoms with E-state index in [1.165, 1.54) is 24.4 Å². The maximum atomic E-state index is 13.9. The molecule has 1 aromatic carbocycles. The summed E-state index contributed by atoms with van der Waals surface area (Å²) in [5, 5.41) is 21.4. The average molecular weight is 356 g/mol. The first-order valence-electron chi connectivity index (χ1n) is 8.09. The number of piperazine rings is 1. The first-order valence-corrected chi connectivity index (χ1v) is 8.09. The lowest BCUT2D eigenvalue weighted by atomic mass is 10.1. The number of rotatable bonds is 5. The molecule has 0 bridgehead atoms. The molecule has 0 radical (unpaired) electrons. The average Bonchev–Trinajstić information content (AvgIpc) is 2.67. The van der Waals surface area contributed by atoms with E-state index < -0.39 is 11.8 Å². The highest BCUT2D eigenvalue weighted by Crippen LogP contribution is 2.24. The van der Waals surface area contributed by atoms with Crippen molar-refractivity contribution in [3.63, 3.8) is 0 Å². The van der Waals surface area contributed by atoms with Gasteiger partial charge in [0.1, 0.15) is 23.8 Å². The van der Waals surface area contributed by atoms with Crippen molar-refractivity contribution in [2.24, 2.45) is 0 Å². The van der Waals surface area contributed by atoms with Crippen LogP contribution in [0, 0.1) is 17.1 Å². The quantitative estimate of drug-likeness (QED) is 0.842. The monoisotopic (exact) mass is 356 g/mol. The Morgan fingerprint density at radius 1 is 1.38 bits per heavy atom. The molecule has 1 aromatic heterocycles. The molecule has 0 atom stereocenters. The number of benzene rings is 1. The number of ether oxygens (including phenoxy) is 1. The maximum absolute atomic E-state index is 13.9. The van der Waals surface area contributed by atoms with Gasteiger partial charge >= 0.3 is 5.97 Å². The number of nitrogens with one attached hydrogen (secondary N) is 1. The minimum Gasteiger partial charge on any atom is -0.486 e. The Morgan fingerprint density at radius 2 is 2.15 bits per heavy atom. The van der Waals surface area contributed by atoms with E-state index in [0.29, 0.717) is 5.82 Å². The van der Waals surface area contributed by atoms with E-state index in [9.17, 15) is 14.3 Å². The second-order valence-corrected chi connectivity index (χ2v) is 5.79. The zero-order chi connectivity index (χ0) is 18.5. The van der Waals surface area contributed by atoms with Crippen molar-refractivity contribution in [1.29, 1.82) is 5.26 Å². The van der Waals surface area contributed by atoms with Gasteiger partial charge < -0.3 is 20.1 Å². The van der Waals surface area contributed by atoms with Crippen LogP contribution < -0.4 is 15.0 Å². The van der Waals surface area contributed by atoms with Crippen LogP contribution in [0.15, 0.2) is 30.5 Å². The Labute approximate surface area is 149 Å². The largest absolute Gasteiger partial charge is 0.486 e. The summed E-state index contributed by atoms with van der Waals surface area (Å²) in [5.41, 5.74) is 0.411. The first kappa shape index (κ1) is 17.6. The molecule has 0 unspecified atom stereocenters. The number of carboxylic acid groups (broad SMARTS) is 1. The zero-order valence-electron chi connectivity index (χ0n) is 13.9. The van der Waals surface area contributed by atoms with Crippen LogP contribution in [0.3, 0.4) is 0 Å². The lowest BCUT2D eigenvalue weighted by Gasteiger charge is -2.28. The van der Waals surface area contributed by atoms with Crippen LogP contribution in [-0.2, 0) is 6.61 Å². The van der Waals surface area contributed by atoms with Gasteiger partial charge in [0.25, 0.3) is 0 Å². The van der Waals surface area contributed by atoms with Gasteiger partial charge in [-0.15, -0.1) is 0 Å². The van der Waals surface area contributed by atoms with Crippen LogP contribution >= 0.6 is 0 Å². The maximum Gasteiger partial charge on any atom is 0.339 e. The standard InChI is InChI=1S/C18H17FN4O3/c19-15-7-12(9-20)1-2-13(15)11-26-16-10-22-17(8-14(16)18(24)25)23-5-3-21-4-6-23/h1-2,7-8,10,21H,3-6,11H2,(H,24,25). The van der Waals surface area contributed by atoms with Crippen molar-refractivity contribution in [3.05, 3.63) is 53.0 Å². The number of nitriles is 1. The molecule has 7 nitrogen and oxygen atoms in total. The lowest BCUT2D eigenvalue weighted by Crippen LogP contribution is -2.43. The van der Waals surface area contributed by atoms with Crippen LogP contribution in [0.4, 0.5) is 10.2 Å². The SMILES string of the molecule is N#Cc1ccc(COc2cnc(N3CCNCC3)cc2C(=O)O)c(F)c1. The van der Waals surface area contributed by atoms with E-state index in [0.717, 1.165) is 32.2 Å². The van der Waals surface area contributed by atoms with E-state index in [4.69, 9.17) is 10.00 Å². The van der Waals surface area contributed by atoms with E-state index in [1.54, 1.807) is 0 Å². The molecule has 26 heavy (non-hydrogen) atoms. The van der Waals surface area contributed by atoms with Crippen LogP contribution in [0.5, 0.6) is 5.75 Å². The minimum atomic E-state index is -1.14. The highest BCUT2D eigenvalue weighted by molar-refractivity contribution is 5.91. The van der Waals surface area contributed by atoms with Gasteiger partial charge in [0, 0.05) is 31.7 Å². The molecule has 1 aliphatic rings. The number of hydrogen-bond donors (Lipinski definition) is 2. The summed E-state index contributed by atoms with van der Waals surface area (Å²) in [6, 6.07) is 7.36. The fourth-order valence-corrected chi connectivity index (χ4v) is 2.67. The molecular weight excluding hydrogens is 339 g/mol. The Bertz CT molecular complexity index is 860. The molecule has 1 aliphatic heterocycles. The summed E-state index contributed by atoms with van der Waals surface area (Å²) in [6.07, 6.45) is 1.35. The second-order valence-electron chi connectivity index (χ2n) is 5.79. The van der Waals surface area contributed by atoms with Gasteiger partial charge in [-0.05, 0) is 18.2 Å². The molecule has 0 saturated carbocycles. The zero-order valence-corrected chi connectivity index (χ0v) is 13.9. The van der Waals surface area contributed by atoms with Crippen molar-refractivity contribution < 1.29 is 19.0 Å². The fraction of sp³-hybridized carbons (Fsp3) is 0.278.